The fourth-order valence-corrected chi connectivity index (χ4v) is 3.18. The molecule has 2 aliphatic carbocycles. The van der Waals surface area contributed by atoms with Crippen LogP contribution in [0.25, 0.3) is 0 Å². The Bertz CT molecular complexity index is 505. The largest absolute Gasteiger partial charge is 0.492 e. The van der Waals surface area contributed by atoms with Crippen molar-refractivity contribution in [2.75, 3.05) is 32.6 Å². The molecule has 1 N–H and O–H groups in total. The van der Waals surface area contributed by atoms with Gasteiger partial charge in [0.2, 0.25) is 5.91 Å². The zero-order valence-electron chi connectivity index (χ0n) is 12.8. The van der Waals surface area contributed by atoms with Crippen molar-refractivity contribution in [3.63, 3.8) is 0 Å². The zero-order chi connectivity index (χ0) is 14.8. The number of likely N-dealkylation sites (N-methyl/N-ethyl adjacent to an activating group) is 1. The summed E-state index contributed by atoms with van der Waals surface area (Å²) in [7, 11) is 4.04. The molecule has 2 fully saturated rings. The van der Waals surface area contributed by atoms with E-state index in [9.17, 15) is 4.79 Å². The van der Waals surface area contributed by atoms with Gasteiger partial charge in [0.15, 0.2) is 0 Å². The minimum Gasteiger partial charge on any atom is -0.492 e. The van der Waals surface area contributed by atoms with Gasteiger partial charge in [-0.05, 0) is 57.3 Å². The molecule has 0 saturated heterocycles. The number of hydrogen-bond donors (Lipinski definition) is 1. The summed E-state index contributed by atoms with van der Waals surface area (Å²) >= 11 is 0. The summed E-state index contributed by atoms with van der Waals surface area (Å²) in [6.45, 7) is 1.53. The number of carbonyl (C=O) groups is 1. The van der Waals surface area contributed by atoms with Crippen molar-refractivity contribution in [1.29, 1.82) is 0 Å². The van der Waals surface area contributed by atoms with E-state index in [1.807, 2.05) is 38.4 Å². The summed E-state index contributed by atoms with van der Waals surface area (Å²) in [6, 6.07) is 7.68. The number of carbonyl (C=O) groups excluding carboxylic acids is 1. The molecule has 4 heteroatoms. The molecular weight excluding hydrogens is 264 g/mol. The number of hydrogen-bond acceptors (Lipinski definition) is 3. The fraction of sp³-hybridized carbons (Fsp3) is 0.588. The van der Waals surface area contributed by atoms with Gasteiger partial charge in [-0.25, -0.2) is 0 Å². The monoisotopic (exact) mass is 288 g/mol. The van der Waals surface area contributed by atoms with Crippen LogP contribution >= 0.6 is 0 Å². The second-order valence-electron chi connectivity index (χ2n) is 6.59. The topological polar surface area (TPSA) is 41.6 Å². The Morgan fingerprint density at radius 3 is 2.76 bits per heavy atom. The maximum absolute atomic E-state index is 12.2. The SMILES string of the molecule is CN(C)CCOc1cccc(NC(=O)C2CC3CC3C2)c1. The zero-order valence-corrected chi connectivity index (χ0v) is 12.8. The lowest BCUT2D eigenvalue weighted by Gasteiger charge is -2.14. The molecule has 0 radical (unpaired) electrons. The van der Waals surface area contributed by atoms with Gasteiger partial charge in [-0.2, -0.15) is 0 Å². The van der Waals surface area contributed by atoms with E-state index in [0.717, 1.165) is 42.7 Å². The number of nitrogens with zero attached hydrogens (tertiary/aromatic N) is 1. The molecule has 2 saturated carbocycles. The number of anilines is 1. The van der Waals surface area contributed by atoms with Crippen molar-refractivity contribution >= 4 is 11.6 Å². The van der Waals surface area contributed by atoms with Crippen LogP contribution in [-0.2, 0) is 4.79 Å². The second kappa shape index (κ2) is 6.06. The van der Waals surface area contributed by atoms with Gasteiger partial charge >= 0.3 is 0 Å². The Morgan fingerprint density at radius 1 is 1.29 bits per heavy atom. The minimum atomic E-state index is 0.174. The molecule has 0 bridgehead atoms. The lowest BCUT2D eigenvalue weighted by molar-refractivity contribution is -0.120. The number of rotatable bonds is 6. The first-order valence-electron chi connectivity index (χ1n) is 7.80. The van der Waals surface area contributed by atoms with E-state index in [4.69, 9.17) is 4.74 Å². The third-order valence-electron chi connectivity index (χ3n) is 4.52. The van der Waals surface area contributed by atoms with E-state index < -0.39 is 0 Å². The van der Waals surface area contributed by atoms with Crippen molar-refractivity contribution in [2.45, 2.75) is 19.3 Å². The van der Waals surface area contributed by atoms with Crippen LogP contribution in [0.5, 0.6) is 5.75 Å². The van der Waals surface area contributed by atoms with Gasteiger partial charge in [-0.1, -0.05) is 6.07 Å². The van der Waals surface area contributed by atoms with E-state index in [-0.39, 0.29) is 11.8 Å². The van der Waals surface area contributed by atoms with Gasteiger partial charge in [0.25, 0.3) is 0 Å². The summed E-state index contributed by atoms with van der Waals surface area (Å²) in [5.74, 6) is 2.87. The molecule has 114 valence electrons. The second-order valence-corrected chi connectivity index (χ2v) is 6.59. The number of benzene rings is 1. The highest BCUT2D eigenvalue weighted by Gasteiger charge is 2.47. The molecule has 1 aromatic carbocycles. The highest BCUT2D eigenvalue weighted by molar-refractivity contribution is 5.93. The smallest absolute Gasteiger partial charge is 0.227 e. The first-order valence-corrected chi connectivity index (χ1v) is 7.80. The molecule has 0 aromatic heterocycles. The van der Waals surface area contributed by atoms with Crippen molar-refractivity contribution in [3.8, 4) is 5.75 Å². The van der Waals surface area contributed by atoms with Crippen LogP contribution in [0.3, 0.4) is 0 Å². The molecule has 1 amide bonds. The molecule has 0 heterocycles. The number of amides is 1. The molecule has 21 heavy (non-hydrogen) atoms. The fourth-order valence-electron chi connectivity index (χ4n) is 3.18. The average molecular weight is 288 g/mol. The number of fused-ring (bicyclic) bond motifs is 1. The lowest BCUT2D eigenvalue weighted by atomic mass is 10.0. The highest BCUT2D eigenvalue weighted by Crippen LogP contribution is 2.54. The maximum atomic E-state index is 12.2. The number of ether oxygens (including phenoxy) is 1. The van der Waals surface area contributed by atoms with Crippen molar-refractivity contribution < 1.29 is 9.53 Å². The molecule has 4 nitrogen and oxygen atoms in total. The quantitative estimate of drug-likeness (QED) is 0.875. The van der Waals surface area contributed by atoms with Crippen LogP contribution < -0.4 is 10.1 Å². The third-order valence-corrected chi connectivity index (χ3v) is 4.52. The summed E-state index contributed by atoms with van der Waals surface area (Å²) < 4.78 is 5.70. The summed E-state index contributed by atoms with van der Waals surface area (Å²) in [5, 5.41) is 3.04. The normalized spacial score (nSPS) is 26.5. The van der Waals surface area contributed by atoms with Crippen LogP contribution in [0.4, 0.5) is 5.69 Å². The lowest BCUT2D eigenvalue weighted by Crippen LogP contribution is -2.21. The van der Waals surface area contributed by atoms with Crippen LogP contribution in [0.2, 0.25) is 0 Å². The minimum absolute atomic E-state index is 0.174. The van der Waals surface area contributed by atoms with Crippen LogP contribution in [-0.4, -0.2) is 38.1 Å². The Labute approximate surface area is 126 Å². The van der Waals surface area contributed by atoms with Gasteiger partial charge in [0, 0.05) is 24.2 Å². The average Bonchev–Trinajstić information content (AvgIpc) is 3.05. The van der Waals surface area contributed by atoms with Gasteiger partial charge in [-0.15, -0.1) is 0 Å². The molecule has 3 rings (SSSR count). The van der Waals surface area contributed by atoms with Crippen molar-refractivity contribution in [2.24, 2.45) is 17.8 Å². The maximum Gasteiger partial charge on any atom is 0.227 e. The number of nitrogens with one attached hydrogen (secondary N) is 1. The van der Waals surface area contributed by atoms with E-state index in [1.54, 1.807) is 0 Å². The molecule has 2 atom stereocenters. The predicted octanol–water partition coefficient (Wildman–Crippen LogP) is 2.61. The van der Waals surface area contributed by atoms with Gasteiger partial charge < -0.3 is 15.0 Å². The molecular formula is C17H24N2O2. The van der Waals surface area contributed by atoms with Crippen LogP contribution in [0, 0.1) is 17.8 Å². The molecule has 2 aliphatic rings. The molecule has 2 unspecified atom stereocenters. The Balaban J connectivity index is 1.51. The van der Waals surface area contributed by atoms with Gasteiger partial charge in [-0.3, -0.25) is 4.79 Å². The highest BCUT2D eigenvalue weighted by atomic mass is 16.5. The van der Waals surface area contributed by atoms with E-state index in [0.29, 0.717) is 6.61 Å². The van der Waals surface area contributed by atoms with E-state index in [1.165, 1.54) is 6.42 Å². The van der Waals surface area contributed by atoms with E-state index >= 15 is 0 Å². The molecule has 1 aromatic rings. The van der Waals surface area contributed by atoms with Gasteiger partial charge in [0.1, 0.15) is 12.4 Å². The first-order chi connectivity index (χ1) is 10.1. The third kappa shape index (κ3) is 3.76. The van der Waals surface area contributed by atoms with Crippen LogP contribution in [0.1, 0.15) is 19.3 Å². The van der Waals surface area contributed by atoms with Crippen molar-refractivity contribution in [3.05, 3.63) is 24.3 Å². The van der Waals surface area contributed by atoms with Gasteiger partial charge in [0.05, 0.1) is 0 Å². The van der Waals surface area contributed by atoms with E-state index in [2.05, 4.69) is 10.2 Å². The summed E-state index contributed by atoms with van der Waals surface area (Å²) in [5.41, 5.74) is 0.836. The Hall–Kier alpha value is -1.55. The Kier molecular flexibility index (Phi) is 4.15. The molecule has 0 spiro atoms. The van der Waals surface area contributed by atoms with Crippen LogP contribution in [0.15, 0.2) is 24.3 Å². The standard InChI is InChI=1S/C17H24N2O2/c1-19(2)6-7-21-16-5-3-4-15(11-16)18-17(20)14-9-12-8-13(12)10-14/h3-5,11-14H,6-10H2,1-2H3,(H,18,20). The Morgan fingerprint density at radius 2 is 2.05 bits per heavy atom. The predicted molar refractivity (Wildman–Crippen MR) is 83.4 cm³/mol. The van der Waals surface area contributed by atoms with Crippen molar-refractivity contribution in [1.82, 2.24) is 4.90 Å². The summed E-state index contributed by atoms with van der Waals surface area (Å²) in [4.78, 5) is 14.3. The summed E-state index contributed by atoms with van der Waals surface area (Å²) in [6.07, 6.45) is 3.50. The first kappa shape index (κ1) is 14.4. The molecule has 0 aliphatic heterocycles.